The number of benzene rings is 4. The highest BCUT2D eigenvalue weighted by Crippen LogP contribution is 2.37. The van der Waals surface area contributed by atoms with Gasteiger partial charge >= 0.3 is 0 Å². The van der Waals surface area contributed by atoms with Crippen molar-refractivity contribution in [1.29, 1.82) is 0 Å². The number of rotatable bonds is 5. The molecule has 4 aromatic rings. The first-order chi connectivity index (χ1) is 15.3. The van der Waals surface area contributed by atoms with Gasteiger partial charge in [0.25, 0.3) is 0 Å². The smallest absolute Gasteiger partial charge is 0.155 e. The molecule has 0 atom stereocenters. The summed E-state index contributed by atoms with van der Waals surface area (Å²) < 4.78 is 0. The van der Waals surface area contributed by atoms with Gasteiger partial charge in [-0.25, -0.2) is 0 Å². The average molecular weight is 425 g/mol. The second-order valence-corrected chi connectivity index (χ2v) is 10.1. The van der Waals surface area contributed by atoms with Crippen molar-refractivity contribution in [3.8, 4) is 16.9 Å². The Morgan fingerprint density at radius 1 is 0.581 bits per heavy atom. The largest absolute Gasteiger partial charge is 0.508 e. The van der Waals surface area contributed by atoms with E-state index in [4.69, 9.17) is 0 Å². The Morgan fingerprint density at radius 2 is 1.19 bits per heavy atom. The highest BCUT2D eigenvalue weighted by Gasteiger charge is 2.26. The molecule has 0 unspecified atom stereocenters. The molecule has 1 N–H and O–H groups in total. The third kappa shape index (κ3) is 4.33. The number of phenols is 1. The van der Waals surface area contributed by atoms with Gasteiger partial charge in [0.2, 0.25) is 0 Å². The molecule has 1 heterocycles. The Kier molecular flexibility index (Phi) is 5.68. The molecule has 1 saturated heterocycles. The summed E-state index contributed by atoms with van der Waals surface area (Å²) in [6, 6.07) is 35.6. The Morgan fingerprint density at radius 3 is 1.87 bits per heavy atom. The van der Waals surface area contributed by atoms with Crippen molar-refractivity contribution in [2.24, 2.45) is 0 Å². The normalized spacial score (nSPS) is 13.9. The molecule has 5 rings (SSSR count). The molecule has 2 nitrogen and oxygen atoms in total. The van der Waals surface area contributed by atoms with E-state index >= 15 is 0 Å². The third-order valence-electron chi connectivity index (χ3n) is 5.78. The van der Waals surface area contributed by atoms with E-state index in [9.17, 15) is 5.11 Å². The zero-order chi connectivity index (χ0) is 21.0. The molecule has 1 aliphatic rings. The van der Waals surface area contributed by atoms with Gasteiger partial charge in [0.1, 0.15) is 17.3 Å². The second kappa shape index (κ2) is 8.91. The Bertz CT molecular complexity index is 1130. The summed E-state index contributed by atoms with van der Waals surface area (Å²) in [6.45, 7) is 0. The summed E-state index contributed by atoms with van der Waals surface area (Å²) >= 11 is 0. The number of hydrogen-bond donors (Lipinski definition) is 1. The summed E-state index contributed by atoms with van der Waals surface area (Å²) in [7, 11) is 0.416. The fourth-order valence-electron chi connectivity index (χ4n) is 4.18. The van der Waals surface area contributed by atoms with E-state index < -0.39 is 0 Å². The van der Waals surface area contributed by atoms with Crippen LogP contribution in [0.2, 0.25) is 0 Å². The molecule has 0 amide bonds. The molecule has 4 aromatic carbocycles. The Hall–Kier alpha value is -3.17. The van der Waals surface area contributed by atoms with Gasteiger partial charge in [-0.05, 0) is 84.6 Å². The summed E-state index contributed by atoms with van der Waals surface area (Å²) in [4.78, 5) is 3.73. The highest BCUT2D eigenvalue weighted by atomic mass is 32.2. The van der Waals surface area contributed by atoms with Gasteiger partial charge in [0, 0.05) is 28.0 Å². The summed E-state index contributed by atoms with van der Waals surface area (Å²) in [5.74, 6) is 2.94. The lowest BCUT2D eigenvalue weighted by Gasteiger charge is -2.26. The van der Waals surface area contributed by atoms with E-state index in [0.29, 0.717) is 10.9 Å². The van der Waals surface area contributed by atoms with Crippen LogP contribution < -0.4 is 4.90 Å². The fraction of sp³-hybridized carbons (Fsp3) is 0.143. The average Bonchev–Trinajstić information content (AvgIpc) is 3.37. The minimum atomic E-state index is 0.277. The molecular weight excluding hydrogens is 398 g/mol. The van der Waals surface area contributed by atoms with Crippen molar-refractivity contribution < 1.29 is 5.11 Å². The van der Waals surface area contributed by atoms with Crippen molar-refractivity contribution in [2.75, 3.05) is 16.4 Å². The molecule has 0 saturated carbocycles. The van der Waals surface area contributed by atoms with E-state index in [1.165, 1.54) is 40.4 Å². The van der Waals surface area contributed by atoms with Crippen LogP contribution in [0.25, 0.3) is 11.1 Å². The molecular formula is C28H26NOS+. The zero-order valence-electron chi connectivity index (χ0n) is 17.4. The van der Waals surface area contributed by atoms with Crippen LogP contribution in [-0.4, -0.2) is 16.6 Å². The lowest BCUT2D eigenvalue weighted by Crippen LogP contribution is -2.10. The molecule has 1 aliphatic heterocycles. The maximum absolute atomic E-state index is 9.81. The second-order valence-electron chi connectivity index (χ2n) is 7.87. The van der Waals surface area contributed by atoms with E-state index in [0.717, 1.165) is 17.1 Å². The first-order valence-electron chi connectivity index (χ1n) is 10.8. The number of nitrogens with zero attached hydrogens (tertiary/aromatic N) is 1. The molecule has 0 aliphatic carbocycles. The Balaban J connectivity index is 1.56. The number of hydrogen-bond acceptors (Lipinski definition) is 2. The predicted molar refractivity (Wildman–Crippen MR) is 133 cm³/mol. The topological polar surface area (TPSA) is 23.5 Å². The van der Waals surface area contributed by atoms with Crippen LogP contribution in [-0.2, 0) is 10.9 Å². The number of anilines is 3. The first-order valence-corrected chi connectivity index (χ1v) is 12.4. The van der Waals surface area contributed by atoms with Crippen LogP contribution in [0.5, 0.6) is 5.75 Å². The summed E-state index contributed by atoms with van der Waals surface area (Å²) in [5, 5.41) is 9.81. The Labute approximate surface area is 187 Å². The van der Waals surface area contributed by atoms with Crippen LogP contribution >= 0.6 is 0 Å². The first kappa shape index (κ1) is 19.8. The maximum Gasteiger partial charge on any atom is 0.155 e. The van der Waals surface area contributed by atoms with Crippen molar-refractivity contribution in [1.82, 2.24) is 0 Å². The maximum atomic E-state index is 9.81. The quantitative estimate of drug-likeness (QED) is 0.340. The van der Waals surface area contributed by atoms with Crippen LogP contribution in [0.4, 0.5) is 17.1 Å². The molecule has 0 bridgehead atoms. The minimum Gasteiger partial charge on any atom is -0.508 e. The lowest BCUT2D eigenvalue weighted by atomic mass is 10.0. The van der Waals surface area contributed by atoms with Gasteiger partial charge in [0.05, 0.1) is 0 Å². The van der Waals surface area contributed by atoms with Gasteiger partial charge in [0.15, 0.2) is 4.90 Å². The van der Waals surface area contributed by atoms with Gasteiger partial charge in [-0.3, -0.25) is 0 Å². The standard InChI is InChI=1S/C28H25NOS/c30-27-15-11-24(12-16-27)29(25-13-17-28(18-14-25)31-19-4-5-20-31)26-10-6-9-23(21-26)22-7-2-1-3-8-22/h1-3,6-18,21H,4-5,19-20H2/p+1. The van der Waals surface area contributed by atoms with Crippen molar-refractivity contribution in [2.45, 2.75) is 17.7 Å². The van der Waals surface area contributed by atoms with Crippen LogP contribution in [0.1, 0.15) is 12.8 Å². The summed E-state index contributed by atoms with van der Waals surface area (Å²) in [5.41, 5.74) is 5.64. The molecule has 31 heavy (non-hydrogen) atoms. The molecule has 0 aromatic heterocycles. The van der Waals surface area contributed by atoms with E-state index in [-0.39, 0.29) is 5.75 Å². The fourth-order valence-corrected chi connectivity index (χ4v) is 6.48. The van der Waals surface area contributed by atoms with Gasteiger partial charge in [-0.15, -0.1) is 0 Å². The van der Waals surface area contributed by atoms with Gasteiger partial charge in [-0.2, -0.15) is 0 Å². The van der Waals surface area contributed by atoms with E-state index in [1.54, 1.807) is 12.1 Å². The third-order valence-corrected chi connectivity index (χ3v) is 8.28. The monoisotopic (exact) mass is 424 g/mol. The zero-order valence-corrected chi connectivity index (χ0v) is 18.3. The minimum absolute atomic E-state index is 0.277. The molecule has 0 radical (unpaired) electrons. The molecule has 3 heteroatoms. The number of aromatic hydroxyl groups is 1. The summed E-state index contributed by atoms with van der Waals surface area (Å²) in [6.07, 6.45) is 2.72. The van der Waals surface area contributed by atoms with Crippen LogP contribution in [0, 0.1) is 0 Å². The van der Waals surface area contributed by atoms with Crippen LogP contribution in [0.15, 0.2) is 108 Å². The van der Waals surface area contributed by atoms with Crippen LogP contribution in [0.3, 0.4) is 0 Å². The van der Waals surface area contributed by atoms with Gasteiger partial charge in [-0.1, -0.05) is 42.5 Å². The lowest BCUT2D eigenvalue weighted by molar-refractivity contribution is 0.475. The van der Waals surface area contributed by atoms with Crippen molar-refractivity contribution in [3.05, 3.63) is 103 Å². The highest BCUT2D eigenvalue weighted by molar-refractivity contribution is 7.97. The van der Waals surface area contributed by atoms with Crippen molar-refractivity contribution >= 4 is 28.0 Å². The SMILES string of the molecule is Oc1ccc(N(c2ccc([S+]3CCCC3)cc2)c2cccc(-c3ccccc3)c2)cc1. The molecule has 0 spiro atoms. The van der Waals surface area contributed by atoms with Gasteiger partial charge < -0.3 is 10.0 Å². The predicted octanol–water partition coefficient (Wildman–Crippen LogP) is 7.30. The number of phenolic OH excluding ortho intramolecular Hbond substituents is 1. The molecule has 154 valence electrons. The van der Waals surface area contributed by atoms with E-state index in [2.05, 4.69) is 77.7 Å². The van der Waals surface area contributed by atoms with Crippen molar-refractivity contribution in [3.63, 3.8) is 0 Å². The molecule has 1 fully saturated rings. The van der Waals surface area contributed by atoms with E-state index in [1.807, 2.05) is 18.2 Å².